The van der Waals surface area contributed by atoms with Crippen molar-refractivity contribution in [1.82, 2.24) is 0 Å². The van der Waals surface area contributed by atoms with Gasteiger partial charge in [-0.2, -0.15) is 0 Å². The van der Waals surface area contributed by atoms with Crippen LogP contribution in [0.1, 0.15) is 20.7 Å². The number of hydrogen-bond donors (Lipinski definition) is 2. The molecule has 0 unspecified atom stereocenters. The quantitative estimate of drug-likeness (QED) is 0.692. The van der Waals surface area contributed by atoms with Crippen LogP contribution in [0.5, 0.6) is 11.5 Å². The summed E-state index contributed by atoms with van der Waals surface area (Å²) in [4.78, 5) is 25.2. The third kappa shape index (κ3) is 3.92. The number of amides is 2. The van der Waals surface area contributed by atoms with Crippen LogP contribution in [0.3, 0.4) is 0 Å². The smallest absolute Gasteiger partial charge is 0.259 e. The summed E-state index contributed by atoms with van der Waals surface area (Å²) in [7, 11) is 3.02. The summed E-state index contributed by atoms with van der Waals surface area (Å²) in [5.74, 6) is 0.0422. The Kier molecular flexibility index (Phi) is 5.41. The molecule has 1 heterocycles. The van der Waals surface area contributed by atoms with Crippen LogP contribution in [0.4, 0.5) is 11.4 Å². The van der Waals surface area contributed by atoms with Gasteiger partial charge in [0.05, 0.1) is 36.7 Å². The van der Waals surface area contributed by atoms with Crippen molar-refractivity contribution in [2.45, 2.75) is 0 Å². The van der Waals surface area contributed by atoms with E-state index < -0.39 is 11.8 Å². The van der Waals surface area contributed by atoms with Gasteiger partial charge in [0.1, 0.15) is 24.0 Å². The second-order valence-corrected chi connectivity index (χ2v) is 5.51. The largest absolute Gasteiger partial charge is 0.495 e. The van der Waals surface area contributed by atoms with Crippen LogP contribution < -0.4 is 20.1 Å². The van der Waals surface area contributed by atoms with Crippen molar-refractivity contribution in [2.24, 2.45) is 0 Å². The van der Waals surface area contributed by atoms with Crippen LogP contribution in [0.25, 0.3) is 0 Å². The van der Waals surface area contributed by atoms with E-state index in [1.165, 1.54) is 26.7 Å². The van der Waals surface area contributed by atoms with Crippen molar-refractivity contribution in [1.29, 1.82) is 0 Å². The number of carbonyl (C=O) groups is 2. The summed E-state index contributed by atoms with van der Waals surface area (Å²) in [6, 6.07) is 14.0. The molecule has 2 N–H and O–H groups in total. The first kappa shape index (κ1) is 18.1. The van der Waals surface area contributed by atoms with Crippen LogP contribution in [0.2, 0.25) is 0 Å². The molecule has 1 aromatic heterocycles. The third-order valence-corrected chi connectivity index (χ3v) is 3.86. The van der Waals surface area contributed by atoms with E-state index in [9.17, 15) is 9.59 Å². The number of ether oxygens (including phenoxy) is 2. The Bertz CT molecular complexity index is 888. The van der Waals surface area contributed by atoms with E-state index in [2.05, 4.69) is 10.6 Å². The van der Waals surface area contributed by atoms with Gasteiger partial charge in [-0.1, -0.05) is 24.3 Å². The molecule has 7 nitrogen and oxygen atoms in total. The molecule has 0 saturated heterocycles. The predicted octanol–water partition coefficient (Wildman–Crippen LogP) is 3.80. The zero-order valence-electron chi connectivity index (χ0n) is 14.8. The minimum atomic E-state index is -0.488. The average Bonchev–Trinajstić information content (AvgIpc) is 3.19. The fourth-order valence-corrected chi connectivity index (χ4v) is 2.52. The average molecular weight is 366 g/mol. The number of para-hydroxylation sites is 4. The Balaban J connectivity index is 1.81. The van der Waals surface area contributed by atoms with Gasteiger partial charge in [0, 0.05) is 0 Å². The first-order valence-corrected chi connectivity index (χ1v) is 8.09. The SMILES string of the molecule is COc1ccccc1NC(=O)c1cocc1C(=O)Nc1ccccc1OC. The molecule has 0 bridgehead atoms. The molecule has 138 valence electrons. The summed E-state index contributed by atoms with van der Waals surface area (Å²) in [5, 5.41) is 5.43. The molecule has 3 rings (SSSR count). The topological polar surface area (TPSA) is 89.8 Å². The van der Waals surface area contributed by atoms with Crippen molar-refractivity contribution in [3.05, 3.63) is 72.2 Å². The monoisotopic (exact) mass is 366 g/mol. The molecule has 0 radical (unpaired) electrons. The molecule has 0 saturated carbocycles. The molecule has 2 aromatic carbocycles. The molecule has 0 fully saturated rings. The second kappa shape index (κ2) is 8.09. The Hall–Kier alpha value is -3.74. The van der Waals surface area contributed by atoms with E-state index in [1.807, 2.05) is 0 Å². The summed E-state index contributed by atoms with van der Waals surface area (Å²) in [6.07, 6.45) is 2.45. The van der Waals surface area contributed by atoms with Gasteiger partial charge in [0.15, 0.2) is 0 Å². The van der Waals surface area contributed by atoms with Crippen molar-refractivity contribution in [3.8, 4) is 11.5 Å². The lowest BCUT2D eigenvalue weighted by molar-refractivity contribution is 0.0991. The first-order valence-electron chi connectivity index (χ1n) is 8.09. The number of nitrogens with one attached hydrogen (secondary N) is 2. The highest BCUT2D eigenvalue weighted by molar-refractivity contribution is 6.15. The summed E-state index contributed by atoms with van der Waals surface area (Å²) in [5.41, 5.74) is 1.19. The highest BCUT2D eigenvalue weighted by Gasteiger charge is 2.21. The zero-order valence-corrected chi connectivity index (χ0v) is 14.8. The maximum absolute atomic E-state index is 12.6. The van der Waals surface area contributed by atoms with Gasteiger partial charge in [-0.15, -0.1) is 0 Å². The van der Waals surface area contributed by atoms with E-state index in [-0.39, 0.29) is 11.1 Å². The van der Waals surface area contributed by atoms with Gasteiger partial charge in [0.2, 0.25) is 0 Å². The van der Waals surface area contributed by atoms with Gasteiger partial charge >= 0.3 is 0 Å². The Morgan fingerprint density at radius 1 is 0.741 bits per heavy atom. The highest BCUT2D eigenvalue weighted by atomic mass is 16.5. The normalized spacial score (nSPS) is 10.1. The maximum Gasteiger partial charge on any atom is 0.259 e. The minimum Gasteiger partial charge on any atom is -0.495 e. The predicted molar refractivity (Wildman–Crippen MR) is 101 cm³/mol. The molecular formula is C20H18N2O5. The highest BCUT2D eigenvalue weighted by Crippen LogP contribution is 2.26. The number of hydrogen-bond acceptors (Lipinski definition) is 5. The Morgan fingerprint density at radius 2 is 1.15 bits per heavy atom. The number of benzene rings is 2. The van der Waals surface area contributed by atoms with E-state index in [4.69, 9.17) is 13.9 Å². The maximum atomic E-state index is 12.6. The van der Waals surface area contributed by atoms with Crippen LogP contribution in [-0.2, 0) is 0 Å². The molecular weight excluding hydrogens is 348 g/mol. The molecule has 2 amide bonds. The van der Waals surface area contributed by atoms with Crippen LogP contribution >= 0.6 is 0 Å². The summed E-state index contributed by atoms with van der Waals surface area (Å²) < 4.78 is 15.5. The van der Waals surface area contributed by atoms with Gasteiger partial charge in [0.25, 0.3) is 11.8 Å². The first-order chi connectivity index (χ1) is 13.1. The fraction of sp³-hybridized carbons (Fsp3) is 0.100. The number of furan rings is 1. The second-order valence-electron chi connectivity index (χ2n) is 5.51. The molecule has 0 spiro atoms. The van der Waals surface area contributed by atoms with Crippen LogP contribution in [-0.4, -0.2) is 26.0 Å². The van der Waals surface area contributed by atoms with Gasteiger partial charge in [-0.25, -0.2) is 0 Å². The lowest BCUT2D eigenvalue weighted by Gasteiger charge is -2.11. The summed E-state index contributed by atoms with van der Waals surface area (Å²) >= 11 is 0. The number of rotatable bonds is 6. The van der Waals surface area contributed by atoms with Gasteiger partial charge in [-0.05, 0) is 24.3 Å². The number of anilines is 2. The lowest BCUT2D eigenvalue weighted by atomic mass is 10.1. The van der Waals surface area contributed by atoms with E-state index in [0.717, 1.165) is 0 Å². The molecule has 7 heteroatoms. The van der Waals surface area contributed by atoms with E-state index in [1.54, 1.807) is 48.5 Å². The molecule has 0 aliphatic rings. The van der Waals surface area contributed by atoms with Crippen LogP contribution in [0.15, 0.2) is 65.5 Å². The molecule has 3 aromatic rings. The fourth-order valence-electron chi connectivity index (χ4n) is 2.52. The number of methoxy groups -OCH3 is 2. The van der Waals surface area contributed by atoms with E-state index >= 15 is 0 Å². The molecule has 0 aliphatic carbocycles. The van der Waals surface area contributed by atoms with Crippen LogP contribution in [0, 0.1) is 0 Å². The molecule has 27 heavy (non-hydrogen) atoms. The summed E-state index contributed by atoms with van der Waals surface area (Å²) in [6.45, 7) is 0. The van der Waals surface area contributed by atoms with Crippen molar-refractivity contribution in [3.63, 3.8) is 0 Å². The van der Waals surface area contributed by atoms with E-state index in [0.29, 0.717) is 22.9 Å². The Labute approximate surface area is 155 Å². The van der Waals surface area contributed by atoms with Gasteiger partial charge in [-0.3, -0.25) is 9.59 Å². The van der Waals surface area contributed by atoms with Crippen molar-refractivity contribution >= 4 is 23.2 Å². The molecule has 0 atom stereocenters. The zero-order chi connectivity index (χ0) is 19.2. The van der Waals surface area contributed by atoms with Crippen molar-refractivity contribution in [2.75, 3.05) is 24.9 Å². The van der Waals surface area contributed by atoms with Gasteiger partial charge < -0.3 is 24.5 Å². The lowest BCUT2D eigenvalue weighted by Crippen LogP contribution is -2.19. The Morgan fingerprint density at radius 3 is 1.56 bits per heavy atom. The standard InChI is InChI=1S/C20H18N2O5/c1-25-17-9-5-3-7-15(17)21-19(23)13-11-27-12-14(13)20(24)22-16-8-4-6-10-18(16)26-2/h3-12H,1-2H3,(H,21,23)(H,22,24). The van der Waals surface area contributed by atoms with Crippen molar-refractivity contribution < 1.29 is 23.5 Å². The molecule has 0 aliphatic heterocycles. The number of carbonyl (C=O) groups excluding carboxylic acids is 2. The minimum absolute atomic E-state index is 0.105. The third-order valence-electron chi connectivity index (χ3n) is 3.86.